The van der Waals surface area contributed by atoms with Gasteiger partial charge in [-0.2, -0.15) is 0 Å². The van der Waals surface area contributed by atoms with Crippen LogP contribution < -0.4 is 0 Å². The molecular formula is C28H24N2O6. The van der Waals surface area contributed by atoms with Crippen LogP contribution in [0.3, 0.4) is 0 Å². The number of rotatable bonds is 6. The molecule has 182 valence electrons. The third-order valence-electron chi connectivity index (χ3n) is 6.54. The quantitative estimate of drug-likeness (QED) is 0.317. The predicted molar refractivity (Wildman–Crippen MR) is 134 cm³/mol. The fourth-order valence-corrected chi connectivity index (χ4v) is 4.79. The van der Waals surface area contributed by atoms with E-state index in [4.69, 9.17) is 18.9 Å². The Morgan fingerprint density at radius 2 is 1.17 bits per heavy atom. The van der Waals surface area contributed by atoms with Crippen molar-refractivity contribution in [3.63, 3.8) is 0 Å². The highest BCUT2D eigenvalue weighted by Crippen LogP contribution is 2.31. The van der Waals surface area contributed by atoms with Crippen LogP contribution in [0.4, 0.5) is 0 Å². The van der Waals surface area contributed by atoms with E-state index in [1.165, 1.54) is 12.2 Å². The van der Waals surface area contributed by atoms with E-state index in [1.54, 1.807) is 12.2 Å². The summed E-state index contributed by atoms with van der Waals surface area (Å²) in [4.78, 5) is 31.2. The van der Waals surface area contributed by atoms with Crippen LogP contribution >= 0.6 is 0 Å². The number of aromatic amines is 2. The first-order valence-electron chi connectivity index (χ1n) is 11.8. The fraction of sp³-hybridized carbons (Fsp3) is 0.214. The molecule has 2 aliphatic heterocycles. The Morgan fingerprint density at radius 3 is 1.64 bits per heavy atom. The van der Waals surface area contributed by atoms with Crippen LogP contribution in [-0.2, 0) is 28.5 Å². The van der Waals surface area contributed by atoms with Crippen molar-refractivity contribution in [2.45, 2.75) is 24.4 Å². The van der Waals surface area contributed by atoms with E-state index < -0.39 is 36.4 Å². The van der Waals surface area contributed by atoms with Crippen molar-refractivity contribution in [3.8, 4) is 0 Å². The number of hydrogen-bond donors (Lipinski definition) is 2. The van der Waals surface area contributed by atoms with E-state index in [-0.39, 0.29) is 13.2 Å². The van der Waals surface area contributed by atoms with Gasteiger partial charge >= 0.3 is 11.9 Å². The van der Waals surface area contributed by atoms with Gasteiger partial charge in [0.2, 0.25) is 0 Å². The van der Waals surface area contributed by atoms with E-state index in [0.717, 1.165) is 32.9 Å². The minimum absolute atomic E-state index is 0.182. The minimum Gasteiger partial charge on any atom is -0.454 e. The summed E-state index contributed by atoms with van der Waals surface area (Å²) in [6, 6.07) is 15.7. The summed E-state index contributed by atoms with van der Waals surface area (Å²) in [7, 11) is 0. The number of nitrogens with one attached hydrogen (secondary N) is 2. The van der Waals surface area contributed by atoms with E-state index in [0.29, 0.717) is 0 Å². The number of benzene rings is 2. The van der Waals surface area contributed by atoms with Crippen LogP contribution in [0, 0.1) is 0 Å². The first kappa shape index (κ1) is 22.3. The van der Waals surface area contributed by atoms with Crippen LogP contribution in [0.25, 0.3) is 34.0 Å². The molecule has 4 heterocycles. The van der Waals surface area contributed by atoms with Crippen molar-refractivity contribution < 1.29 is 28.5 Å². The van der Waals surface area contributed by atoms with Gasteiger partial charge in [-0.05, 0) is 24.3 Å². The Bertz CT molecular complexity index is 1370. The molecule has 4 aromatic rings. The van der Waals surface area contributed by atoms with Gasteiger partial charge in [-0.25, -0.2) is 9.59 Å². The van der Waals surface area contributed by atoms with Crippen molar-refractivity contribution >= 4 is 45.9 Å². The molecule has 2 aromatic carbocycles. The molecule has 4 atom stereocenters. The van der Waals surface area contributed by atoms with Crippen LogP contribution in [0.2, 0.25) is 0 Å². The van der Waals surface area contributed by atoms with Crippen molar-refractivity contribution in [1.29, 1.82) is 0 Å². The van der Waals surface area contributed by atoms with Gasteiger partial charge in [0.05, 0.1) is 13.2 Å². The minimum atomic E-state index is -0.569. The highest BCUT2D eigenvalue weighted by Gasteiger charge is 2.51. The van der Waals surface area contributed by atoms with Gasteiger partial charge in [0, 0.05) is 57.5 Å². The monoisotopic (exact) mass is 484 g/mol. The average molecular weight is 485 g/mol. The Balaban J connectivity index is 1.04. The van der Waals surface area contributed by atoms with Crippen molar-refractivity contribution in [1.82, 2.24) is 9.97 Å². The third-order valence-corrected chi connectivity index (χ3v) is 6.54. The SMILES string of the molecule is O=C(/C=C/c1c[nH]c2ccccc12)O[C@H]1CO[C@H]2[C@@H]1OC[C@H]2OC(=O)/C=C/c1c[nH]c2ccccc12. The molecule has 2 fully saturated rings. The molecule has 6 rings (SSSR count). The lowest BCUT2D eigenvalue weighted by Crippen LogP contribution is -2.35. The second kappa shape index (κ2) is 9.49. The number of aromatic nitrogens is 2. The number of hydrogen-bond acceptors (Lipinski definition) is 6. The van der Waals surface area contributed by atoms with Gasteiger partial charge in [0.15, 0.2) is 12.2 Å². The van der Waals surface area contributed by atoms with Gasteiger partial charge in [-0.3, -0.25) is 0 Å². The molecule has 2 aliphatic rings. The summed E-state index contributed by atoms with van der Waals surface area (Å²) in [6.45, 7) is 0.364. The molecule has 2 N–H and O–H groups in total. The number of carbonyl (C=O) groups excluding carboxylic acids is 2. The number of H-pyrrole nitrogens is 2. The van der Waals surface area contributed by atoms with Gasteiger partial charge in [-0.1, -0.05) is 36.4 Å². The highest BCUT2D eigenvalue weighted by molar-refractivity contribution is 5.95. The van der Waals surface area contributed by atoms with Crippen LogP contribution in [-0.4, -0.2) is 59.5 Å². The summed E-state index contributed by atoms with van der Waals surface area (Å²) >= 11 is 0. The van der Waals surface area contributed by atoms with E-state index >= 15 is 0 Å². The zero-order valence-electron chi connectivity index (χ0n) is 19.3. The molecule has 0 radical (unpaired) electrons. The smallest absolute Gasteiger partial charge is 0.331 e. The van der Waals surface area contributed by atoms with Gasteiger partial charge in [0.25, 0.3) is 0 Å². The molecule has 8 nitrogen and oxygen atoms in total. The number of carbonyl (C=O) groups is 2. The zero-order chi connectivity index (χ0) is 24.5. The first-order valence-corrected chi connectivity index (χ1v) is 11.8. The Labute approximate surface area is 206 Å². The van der Waals surface area contributed by atoms with Gasteiger partial charge in [0.1, 0.15) is 12.2 Å². The molecule has 0 aliphatic carbocycles. The lowest BCUT2D eigenvalue weighted by atomic mass is 10.1. The molecule has 2 saturated heterocycles. The average Bonchev–Trinajstić information content (AvgIpc) is 3.67. The standard InChI is InChI=1S/C28H24N2O6/c31-25(11-9-17-13-29-21-7-3-1-5-19(17)21)35-23-15-33-28-24(16-34-27(23)28)36-26(32)12-10-18-14-30-22-8-4-2-6-20(18)22/h1-14,23-24,27-30H,15-16H2/b11-9+,12-10+/t23-,24+,27-,28-/m1/s1. The molecule has 0 spiro atoms. The molecule has 0 unspecified atom stereocenters. The maximum absolute atomic E-state index is 12.4. The summed E-state index contributed by atoms with van der Waals surface area (Å²) in [5, 5.41) is 2.04. The lowest BCUT2D eigenvalue weighted by molar-refractivity contribution is -0.149. The zero-order valence-corrected chi connectivity index (χ0v) is 19.3. The van der Waals surface area contributed by atoms with E-state index in [1.807, 2.05) is 60.9 Å². The molecule has 8 heteroatoms. The van der Waals surface area contributed by atoms with Gasteiger partial charge < -0.3 is 28.9 Å². The topological polar surface area (TPSA) is 103 Å². The number of ether oxygens (including phenoxy) is 4. The number of esters is 2. The summed E-state index contributed by atoms with van der Waals surface area (Å²) < 4.78 is 22.7. The maximum Gasteiger partial charge on any atom is 0.331 e. The Hall–Kier alpha value is -4.14. The first-order chi connectivity index (χ1) is 17.7. The summed E-state index contributed by atoms with van der Waals surface area (Å²) in [5.74, 6) is -0.972. The molecule has 2 aromatic heterocycles. The van der Waals surface area contributed by atoms with Crippen LogP contribution in [0.5, 0.6) is 0 Å². The van der Waals surface area contributed by atoms with Crippen LogP contribution in [0.1, 0.15) is 11.1 Å². The molecule has 0 saturated carbocycles. The summed E-state index contributed by atoms with van der Waals surface area (Å²) in [5.41, 5.74) is 3.78. The van der Waals surface area contributed by atoms with Crippen LogP contribution in [0.15, 0.2) is 73.1 Å². The Morgan fingerprint density at radius 1 is 0.722 bits per heavy atom. The van der Waals surface area contributed by atoms with E-state index in [2.05, 4.69) is 9.97 Å². The summed E-state index contributed by atoms with van der Waals surface area (Å²) in [6.07, 6.45) is 7.81. The second-order valence-corrected chi connectivity index (χ2v) is 8.79. The van der Waals surface area contributed by atoms with E-state index in [9.17, 15) is 9.59 Å². The second-order valence-electron chi connectivity index (χ2n) is 8.79. The molecule has 36 heavy (non-hydrogen) atoms. The largest absolute Gasteiger partial charge is 0.454 e. The Kier molecular flexibility index (Phi) is 5.88. The molecule has 0 amide bonds. The number of fused-ring (bicyclic) bond motifs is 3. The van der Waals surface area contributed by atoms with Crippen molar-refractivity contribution in [2.24, 2.45) is 0 Å². The normalized spacial score (nSPS) is 23.7. The maximum atomic E-state index is 12.4. The number of para-hydroxylation sites is 2. The third kappa shape index (κ3) is 4.32. The molecular weight excluding hydrogens is 460 g/mol. The highest BCUT2D eigenvalue weighted by atomic mass is 16.7. The lowest BCUT2D eigenvalue weighted by Gasteiger charge is -2.16. The molecule has 0 bridgehead atoms. The predicted octanol–water partition coefficient (Wildman–Crippen LogP) is 4.00. The van der Waals surface area contributed by atoms with Crippen molar-refractivity contribution in [2.75, 3.05) is 13.2 Å². The fourth-order valence-electron chi connectivity index (χ4n) is 4.79. The van der Waals surface area contributed by atoms with Crippen molar-refractivity contribution in [3.05, 3.63) is 84.2 Å². The van der Waals surface area contributed by atoms with Gasteiger partial charge in [-0.15, -0.1) is 0 Å².